The van der Waals surface area contributed by atoms with Gasteiger partial charge >= 0.3 is 0 Å². The fourth-order valence-corrected chi connectivity index (χ4v) is 2.53. The van der Waals surface area contributed by atoms with Crippen molar-refractivity contribution in [3.8, 4) is 0 Å². The van der Waals surface area contributed by atoms with E-state index >= 15 is 0 Å². The van der Waals surface area contributed by atoms with Gasteiger partial charge in [0.15, 0.2) is 0 Å². The van der Waals surface area contributed by atoms with Gasteiger partial charge in [-0.25, -0.2) is 0 Å². The van der Waals surface area contributed by atoms with Crippen LogP contribution in [0.15, 0.2) is 24.3 Å². The minimum atomic E-state index is -0.736. The first kappa shape index (κ1) is 11.6. The van der Waals surface area contributed by atoms with Gasteiger partial charge in [-0.3, -0.25) is 0 Å². The van der Waals surface area contributed by atoms with Crippen molar-refractivity contribution >= 4 is 0 Å². The zero-order chi connectivity index (χ0) is 11.4. The summed E-state index contributed by atoms with van der Waals surface area (Å²) in [5.74, 6) is 0.703. The van der Waals surface area contributed by atoms with E-state index in [9.17, 15) is 5.11 Å². The van der Waals surface area contributed by atoms with Crippen LogP contribution in [0, 0.1) is 0 Å². The lowest BCUT2D eigenvalue weighted by Crippen LogP contribution is -2.06. The Balaban J connectivity index is 2.06. The quantitative estimate of drug-likeness (QED) is 0.822. The highest BCUT2D eigenvalue weighted by molar-refractivity contribution is 5.27. The molecule has 1 atom stereocenters. The number of aliphatic hydroxyl groups excluding tert-OH is 2. The van der Waals surface area contributed by atoms with Crippen molar-refractivity contribution in [3.63, 3.8) is 0 Å². The summed E-state index contributed by atoms with van der Waals surface area (Å²) in [6.07, 6.45) is 5.90. The van der Waals surface area contributed by atoms with Crippen molar-refractivity contribution in [2.24, 2.45) is 0 Å². The summed E-state index contributed by atoms with van der Waals surface area (Å²) in [7, 11) is 0. The van der Waals surface area contributed by atoms with Crippen molar-refractivity contribution in [1.82, 2.24) is 0 Å². The molecule has 1 aromatic carbocycles. The maximum absolute atomic E-state index is 9.48. The van der Waals surface area contributed by atoms with E-state index in [4.69, 9.17) is 5.11 Å². The third-order valence-electron chi connectivity index (χ3n) is 3.57. The molecule has 0 heterocycles. The molecule has 88 valence electrons. The van der Waals surface area contributed by atoms with Gasteiger partial charge in [-0.05, 0) is 29.9 Å². The first-order valence-electron chi connectivity index (χ1n) is 6.20. The Hall–Kier alpha value is -0.860. The van der Waals surface area contributed by atoms with Crippen LogP contribution >= 0.6 is 0 Å². The Labute approximate surface area is 96.9 Å². The van der Waals surface area contributed by atoms with Gasteiger partial charge in [0.05, 0.1) is 6.61 Å². The number of aliphatic hydroxyl groups is 2. The molecule has 1 aliphatic rings. The summed E-state index contributed by atoms with van der Waals surface area (Å²) in [6.45, 7) is -0.206. The largest absolute Gasteiger partial charge is 0.393 e. The molecule has 1 saturated carbocycles. The summed E-state index contributed by atoms with van der Waals surface area (Å²) in [5.41, 5.74) is 2.19. The molecule has 0 bridgehead atoms. The third-order valence-corrected chi connectivity index (χ3v) is 3.57. The molecule has 0 aromatic heterocycles. The highest BCUT2D eigenvalue weighted by atomic mass is 16.3. The van der Waals surface area contributed by atoms with Gasteiger partial charge in [0.1, 0.15) is 6.10 Å². The Kier molecular flexibility index (Phi) is 3.97. The van der Waals surface area contributed by atoms with Crippen LogP contribution in [0.5, 0.6) is 0 Å². The van der Waals surface area contributed by atoms with Crippen molar-refractivity contribution < 1.29 is 10.2 Å². The first-order valence-corrected chi connectivity index (χ1v) is 6.20. The lowest BCUT2D eigenvalue weighted by molar-refractivity contribution is 0.0956. The Morgan fingerprint density at radius 2 is 1.69 bits per heavy atom. The van der Waals surface area contributed by atoms with Crippen LogP contribution in [0.1, 0.15) is 55.3 Å². The third kappa shape index (κ3) is 2.63. The van der Waals surface area contributed by atoms with E-state index in [1.807, 2.05) is 12.1 Å². The van der Waals surface area contributed by atoms with Crippen LogP contribution in [0.25, 0.3) is 0 Å². The van der Waals surface area contributed by atoms with Gasteiger partial charge in [0, 0.05) is 0 Å². The summed E-state index contributed by atoms with van der Waals surface area (Å²) in [4.78, 5) is 0. The smallest absolute Gasteiger partial charge is 0.102 e. The van der Waals surface area contributed by atoms with Crippen LogP contribution in [-0.4, -0.2) is 16.8 Å². The second-order valence-corrected chi connectivity index (χ2v) is 4.70. The fraction of sp³-hybridized carbons (Fsp3) is 0.571. The highest BCUT2D eigenvalue weighted by Gasteiger charge is 2.15. The lowest BCUT2D eigenvalue weighted by atomic mass is 9.84. The number of hydrogen-bond acceptors (Lipinski definition) is 2. The molecule has 2 nitrogen and oxygen atoms in total. The average Bonchev–Trinajstić information content (AvgIpc) is 2.39. The summed E-state index contributed by atoms with van der Waals surface area (Å²) < 4.78 is 0. The van der Waals surface area contributed by atoms with Gasteiger partial charge in [-0.15, -0.1) is 0 Å². The molecule has 0 aliphatic heterocycles. The molecule has 1 aromatic rings. The summed E-state index contributed by atoms with van der Waals surface area (Å²) >= 11 is 0. The standard InChI is InChI=1S/C14H20O2/c15-10-14(16)13-8-6-12(7-9-13)11-4-2-1-3-5-11/h6-9,11,14-16H,1-5,10H2. The van der Waals surface area contributed by atoms with Gasteiger partial charge in [-0.1, -0.05) is 43.5 Å². The Morgan fingerprint density at radius 1 is 1.06 bits per heavy atom. The maximum atomic E-state index is 9.48. The summed E-state index contributed by atoms with van der Waals surface area (Å²) in [6, 6.07) is 8.07. The van der Waals surface area contributed by atoms with Crippen LogP contribution < -0.4 is 0 Å². The van der Waals surface area contributed by atoms with E-state index in [1.165, 1.54) is 37.7 Å². The van der Waals surface area contributed by atoms with E-state index < -0.39 is 6.10 Å². The van der Waals surface area contributed by atoms with Gasteiger partial charge in [0.25, 0.3) is 0 Å². The zero-order valence-electron chi connectivity index (χ0n) is 9.60. The topological polar surface area (TPSA) is 40.5 Å². The molecule has 0 amide bonds. The molecular formula is C14H20O2. The number of hydrogen-bond donors (Lipinski definition) is 2. The van der Waals surface area contributed by atoms with E-state index in [0.29, 0.717) is 5.92 Å². The molecule has 1 fully saturated rings. The lowest BCUT2D eigenvalue weighted by Gasteiger charge is -2.22. The second kappa shape index (κ2) is 5.46. The van der Waals surface area contributed by atoms with Gasteiger partial charge in [0.2, 0.25) is 0 Å². The Bertz CT molecular complexity index is 312. The Morgan fingerprint density at radius 3 is 2.25 bits per heavy atom. The van der Waals surface area contributed by atoms with Crippen molar-refractivity contribution in [1.29, 1.82) is 0 Å². The van der Waals surface area contributed by atoms with E-state index in [0.717, 1.165) is 5.56 Å². The van der Waals surface area contributed by atoms with Crippen LogP contribution in [0.2, 0.25) is 0 Å². The van der Waals surface area contributed by atoms with Crippen molar-refractivity contribution in [2.75, 3.05) is 6.61 Å². The normalized spacial score (nSPS) is 19.6. The molecule has 16 heavy (non-hydrogen) atoms. The molecule has 1 aliphatic carbocycles. The first-order chi connectivity index (χ1) is 7.81. The van der Waals surface area contributed by atoms with Crippen LogP contribution in [0.4, 0.5) is 0 Å². The molecule has 2 N–H and O–H groups in total. The van der Waals surface area contributed by atoms with E-state index in [2.05, 4.69) is 12.1 Å². The number of benzene rings is 1. The predicted octanol–water partition coefficient (Wildman–Crippen LogP) is 2.76. The zero-order valence-corrected chi connectivity index (χ0v) is 9.60. The molecule has 2 rings (SSSR count). The van der Waals surface area contributed by atoms with Crippen LogP contribution in [0.3, 0.4) is 0 Å². The van der Waals surface area contributed by atoms with E-state index in [-0.39, 0.29) is 6.61 Å². The molecule has 0 spiro atoms. The highest BCUT2D eigenvalue weighted by Crippen LogP contribution is 2.32. The van der Waals surface area contributed by atoms with E-state index in [1.54, 1.807) is 0 Å². The molecular weight excluding hydrogens is 200 g/mol. The minimum Gasteiger partial charge on any atom is -0.393 e. The van der Waals surface area contributed by atoms with Crippen molar-refractivity contribution in [3.05, 3.63) is 35.4 Å². The predicted molar refractivity (Wildman–Crippen MR) is 64.3 cm³/mol. The molecule has 0 saturated heterocycles. The second-order valence-electron chi connectivity index (χ2n) is 4.70. The maximum Gasteiger partial charge on any atom is 0.102 e. The number of rotatable bonds is 3. The summed E-state index contributed by atoms with van der Waals surface area (Å²) in [5, 5.41) is 18.3. The monoisotopic (exact) mass is 220 g/mol. The molecule has 1 unspecified atom stereocenters. The van der Waals surface area contributed by atoms with Crippen molar-refractivity contribution in [2.45, 2.75) is 44.1 Å². The van der Waals surface area contributed by atoms with Gasteiger partial charge < -0.3 is 10.2 Å². The minimum absolute atomic E-state index is 0.206. The molecule has 0 radical (unpaired) electrons. The fourth-order valence-electron chi connectivity index (χ4n) is 2.53. The average molecular weight is 220 g/mol. The van der Waals surface area contributed by atoms with Crippen LogP contribution in [-0.2, 0) is 0 Å². The van der Waals surface area contributed by atoms with Gasteiger partial charge in [-0.2, -0.15) is 0 Å². The molecule has 2 heteroatoms. The SMILES string of the molecule is OCC(O)c1ccc(C2CCCCC2)cc1.